The third kappa shape index (κ3) is 4.05. The summed E-state index contributed by atoms with van der Waals surface area (Å²) >= 11 is 3.38. The van der Waals surface area contributed by atoms with Crippen molar-refractivity contribution in [1.82, 2.24) is 5.16 Å². The molecule has 1 heterocycles. The summed E-state index contributed by atoms with van der Waals surface area (Å²) in [5.74, 6) is 0.572. The fourth-order valence-electron chi connectivity index (χ4n) is 2.45. The van der Waals surface area contributed by atoms with Gasteiger partial charge in [-0.05, 0) is 55.8 Å². The third-order valence-electron chi connectivity index (χ3n) is 3.82. The van der Waals surface area contributed by atoms with Crippen molar-refractivity contribution >= 4 is 27.7 Å². The third-order valence-corrected chi connectivity index (χ3v) is 4.35. The van der Waals surface area contributed by atoms with Crippen molar-refractivity contribution in [3.63, 3.8) is 0 Å². The molecule has 0 fully saturated rings. The van der Waals surface area contributed by atoms with Gasteiger partial charge in [0.05, 0.1) is 0 Å². The van der Waals surface area contributed by atoms with E-state index in [2.05, 4.69) is 26.4 Å². The van der Waals surface area contributed by atoms with E-state index in [1.807, 2.05) is 24.3 Å². The lowest BCUT2D eigenvalue weighted by molar-refractivity contribution is 0.121. The normalized spacial score (nSPS) is 11.8. The number of hydrogen-bond donors (Lipinski definition) is 2. The number of nitrogens with zero attached hydrogens (tertiary/aromatic N) is 1. The number of ether oxygens (including phenoxy) is 1. The number of rotatable bonds is 4. The molecule has 6 nitrogen and oxygen atoms in total. The maximum atomic E-state index is 12.3. The molecule has 134 valence electrons. The monoisotopic (exact) mass is 416 g/mol. The number of phenols is 1. The first kappa shape index (κ1) is 18.0. The summed E-state index contributed by atoms with van der Waals surface area (Å²) in [7, 11) is 0. The second-order valence-corrected chi connectivity index (χ2v) is 6.66. The predicted octanol–water partition coefficient (Wildman–Crippen LogP) is 5.43. The van der Waals surface area contributed by atoms with E-state index in [1.165, 1.54) is 0 Å². The molecule has 0 saturated carbocycles. The number of aromatic hydroxyl groups is 1. The highest BCUT2D eigenvalue weighted by Crippen LogP contribution is 2.32. The number of carbonyl (C=O) groups excluding carboxylic acids is 1. The molecule has 0 aliphatic carbocycles. The van der Waals surface area contributed by atoms with E-state index in [-0.39, 0.29) is 5.75 Å². The first-order valence-electron chi connectivity index (χ1n) is 7.93. The van der Waals surface area contributed by atoms with Gasteiger partial charge in [0.2, 0.25) is 0 Å². The van der Waals surface area contributed by atoms with Crippen molar-refractivity contribution in [2.45, 2.75) is 20.0 Å². The Hall–Kier alpha value is -2.80. The van der Waals surface area contributed by atoms with Gasteiger partial charge in [0.15, 0.2) is 5.76 Å². The Bertz CT molecular complexity index is 922. The number of aromatic nitrogens is 1. The van der Waals surface area contributed by atoms with Crippen LogP contribution in [0, 0.1) is 6.92 Å². The van der Waals surface area contributed by atoms with Gasteiger partial charge in [0.25, 0.3) is 0 Å². The zero-order valence-corrected chi connectivity index (χ0v) is 15.8. The highest BCUT2D eigenvalue weighted by molar-refractivity contribution is 9.10. The van der Waals surface area contributed by atoms with Gasteiger partial charge in [-0.15, -0.1) is 0 Å². The van der Waals surface area contributed by atoms with E-state index in [1.54, 1.807) is 38.1 Å². The van der Waals surface area contributed by atoms with Crippen LogP contribution >= 0.6 is 15.9 Å². The smallest absolute Gasteiger partial charge is 0.412 e. The Labute approximate surface area is 158 Å². The van der Waals surface area contributed by atoms with Crippen LogP contribution in [0.15, 0.2) is 57.5 Å². The van der Waals surface area contributed by atoms with Crippen molar-refractivity contribution in [2.24, 2.45) is 0 Å². The quantitative estimate of drug-likeness (QED) is 0.592. The number of hydrogen-bond acceptors (Lipinski definition) is 5. The second kappa shape index (κ2) is 7.61. The molecule has 7 heteroatoms. The molecule has 0 unspecified atom stereocenters. The molecule has 26 heavy (non-hydrogen) atoms. The molecule has 0 saturated heterocycles. The van der Waals surface area contributed by atoms with Crippen LogP contribution in [0.4, 0.5) is 10.5 Å². The maximum absolute atomic E-state index is 12.3. The number of anilines is 1. The Morgan fingerprint density at radius 1 is 1.27 bits per heavy atom. The Kier molecular flexibility index (Phi) is 5.27. The number of benzene rings is 2. The van der Waals surface area contributed by atoms with E-state index < -0.39 is 12.2 Å². The molecular weight excluding hydrogens is 400 g/mol. The fraction of sp³-hybridized carbons (Fsp3) is 0.158. The van der Waals surface area contributed by atoms with E-state index in [0.29, 0.717) is 22.7 Å². The number of carbonyl (C=O) groups is 1. The topological polar surface area (TPSA) is 84.6 Å². The van der Waals surface area contributed by atoms with Crippen LogP contribution in [0.5, 0.6) is 5.75 Å². The maximum Gasteiger partial charge on any atom is 0.412 e. The molecule has 3 aromatic rings. The molecule has 3 rings (SSSR count). The van der Waals surface area contributed by atoms with Crippen LogP contribution in [0.25, 0.3) is 11.3 Å². The summed E-state index contributed by atoms with van der Waals surface area (Å²) in [6.45, 7) is 3.46. The molecule has 2 aromatic carbocycles. The number of nitrogens with one attached hydrogen (secondary N) is 1. The first-order valence-corrected chi connectivity index (χ1v) is 8.72. The molecule has 0 spiro atoms. The van der Waals surface area contributed by atoms with Crippen LogP contribution in [-0.2, 0) is 4.74 Å². The SMILES string of the molecule is Cc1noc(-c2ccc(Br)cc2)c1NC(=O)O[C@H](C)c1cccc(O)c1. The van der Waals surface area contributed by atoms with Gasteiger partial charge in [-0.2, -0.15) is 0 Å². The minimum Gasteiger partial charge on any atom is -0.508 e. The lowest BCUT2D eigenvalue weighted by Gasteiger charge is -2.14. The van der Waals surface area contributed by atoms with Gasteiger partial charge in [-0.1, -0.05) is 33.2 Å². The average Bonchev–Trinajstić information content (AvgIpc) is 2.96. The number of phenolic OH excluding ortho intramolecular Hbond substituents is 1. The molecule has 0 aliphatic heterocycles. The van der Waals surface area contributed by atoms with E-state index >= 15 is 0 Å². The van der Waals surface area contributed by atoms with Gasteiger partial charge in [-0.25, -0.2) is 4.79 Å². The van der Waals surface area contributed by atoms with Gasteiger partial charge in [0, 0.05) is 10.0 Å². The number of amides is 1. The molecule has 0 radical (unpaired) electrons. The van der Waals surface area contributed by atoms with Crippen LogP contribution in [0.2, 0.25) is 0 Å². The summed E-state index contributed by atoms with van der Waals surface area (Å²) in [5.41, 5.74) is 2.48. The Morgan fingerprint density at radius 2 is 2.00 bits per heavy atom. The Balaban J connectivity index is 1.75. The summed E-state index contributed by atoms with van der Waals surface area (Å²) < 4.78 is 11.7. The van der Waals surface area contributed by atoms with Crippen molar-refractivity contribution in [1.29, 1.82) is 0 Å². The summed E-state index contributed by atoms with van der Waals surface area (Å²) in [6.07, 6.45) is -1.16. The predicted molar refractivity (Wildman–Crippen MR) is 101 cm³/mol. The summed E-state index contributed by atoms with van der Waals surface area (Å²) in [4.78, 5) is 12.3. The molecule has 1 amide bonds. The zero-order valence-electron chi connectivity index (χ0n) is 14.2. The average molecular weight is 417 g/mol. The van der Waals surface area contributed by atoms with Crippen molar-refractivity contribution < 1.29 is 19.2 Å². The van der Waals surface area contributed by atoms with E-state index in [9.17, 15) is 9.90 Å². The molecule has 0 aliphatic rings. The van der Waals surface area contributed by atoms with Gasteiger partial charge >= 0.3 is 6.09 Å². The lowest BCUT2D eigenvalue weighted by Crippen LogP contribution is -2.16. The molecule has 1 aromatic heterocycles. The standard InChI is InChI=1S/C19H17BrN2O4/c1-11-17(18(26-22-11)13-6-8-15(20)9-7-13)21-19(24)25-12(2)14-4-3-5-16(23)10-14/h3-10,12,23H,1-2H3,(H,21,24)/t12-/m1/s1. The second-order valence-electron chi connectivity index (χ2n) is 5.75. The minimum atomic E-state index is -0.634. The number of aryl methyl sites for hydroxylation is 1. The van der Waals surface area contributed by atoms with Crippen LogP contribution < -0.4 is 5.32 Å². The zero-order chi connectivity index (χ0) is 18.7. The van der Waals surface area contributed by atoms with Crippen molar-refractivity contribution in [3.8, 4) is 17.1 Å². The van der Waals surface area contributed by atoms with Crippen molar-refractivity contribution in [3.05, 3.63) is 64.3 Å². The van der Waals surface area contributed by atoms with E-state index in [0.717, 1.165) is 10.0 Å². The van der Waals surface area contributed by atoms with Crippen LogP contribution in [0.3, 0.4) is 0 Å². The van der Waals surface area contributed by atoms with E-state index in [4.69, 9.17) is 9.26 Å². The summed E-state index contributed by atoms with van der Waals surface area (Å²) in [5, 5.41) is 16.2. The first-order chi connectivity index (χ1) is 12.4. The molecule has 2 N–H and O–H groups in total. The highest BCUT2D eigenvalue weighted by Gasteiger charge is 2.20. The Morgan fingerprint density at radius 3 is 2.69 bits per heavy atom. The molecular formula is C19H17BrN2O4. The van der Waals surface area contributed by atoms with Gasteiger partial charge in [0.1, 0.15) is 23.2 Å². The van der Waals surface area contributed by atoms with Crippen LogP contribution in [0.1, 0.15) is 24.3 Å². The van der Waals surface area contributed by atoms with Crippen LogP contribution in [-0.4, -0.2) is 16.4 Å². The molecule has 1 atom stereocenters. The number of halogens is 1. The minimum absolute atomic E-state index is 0.116. The largest absolute Gasteiger partial charge is 0.508 e. The lowest BCUT2D eigenvalue weighted by atomic mass is 10.1. The fourth-order valence-corrected chi connectivity index (χ4v) is 2.72. The summed E-state index contributed by atoms with van der Waals surface area (Å²) in [6, 6.07) is 14.0. The van der Waals surface area contributed by atoms with Gasteiger partial charge < -0.3 is 14.4 Å². The van der Waals surface area contributed by atoms with Crippen molar-refractivity contribution in [2.75, 3.05) is 5.32 Å². The van der Waals surface area contributed by atoms with Gasteiger partial charge in [-0.3, -0.25) is 5.32 Å². The molecule has 0 bridgehead atoms. The highest BCUT2D eigenvalue weighted by atomic mass is 79.9.